The van der Waals surface area contributed by atoms with Gasteiger partial charge in [-0.2, -0.15) is 0 Å². The van der Waals surface area contributed by atoms with Gasteiger partial charge < -0.3 is 9.84 Å². The van der Waals surface area contributed by atoms with E-state index in [0.29, 0.717) is 5.88 Å². The number of aromatic nitrogens is 1. The minimum Gasteiger partial charge on any atom is -0.439 e. The fourth-order valence-electron chi connectivity index (χ4n) is 2.08. The Bertz CT molecular complexity index is 527. The monoisotopic (exact) mass is 271 g/mol. The summed E-state index contributed by atoms with van der Waals surface area (Å²) in [6.45, 7) is 4.20. The maximum absolute atomic E-state index is 9.26. The highest BCUT2D eigenvalue weighted by Crippen LogP contribution is 2.22. The molecule has 0 radical (unpaired) electrons. The lowest BCUT2D eigenvalue weighted by molar-refractivity contribution is 0.281. The average Bonchev–Trinajstić information content (AvgIpc) is 2.49. The lowest BCUT2D eigenvalue weighted by Crippen LogP contribution is -1.96. The first kappa shape index (κ1) is 14.5. The quantitative estimate of drug-likeness (QED) is 0.867. The molecular weight excluding hydrogens is 250 g/mol. The Morgan fingerprint density at radius 1 is 1.05 bits per heavy atom. The Labute approximate surface area is 120 Å². The first-order valence-corrected chi connectivity index (χ1v) is 7.12. The number of aliphatic hydroxyl groups excluding tert-OH is 1. The molecule has 3 heteroatoms. The molecule has 0 spiro atoms. The normalized spacial score (nSPS) is 10.6. The van der Waals surface area contributed by atoms with Crippen LogP contribution in [0.15, 0.2) is 36.4 Å². The Kier molecular flexibility index (Phi) is 5.13. The molecule has 1 aromatic heterocycles. The molecule has 0 aliphatic heterocycles. The molecule has 1 N–H and O–H groups in total. The fraction of sp³-hybridized carbons (Fsp3) is 0.353. The number of nitrogens with zero attached hydrogens (tertiary/aromatic N) is 1. The largest absolute Gasteiger partial charge is 0.439 e. The fourth-order valence-corrected chi connectivity index (χ4v) is 2.08. The molecule has 1 heterocycles. The first-order chi connectivity index (χ1) is 9.75. The van der Waals surface area contributed by atoms with Crippen molar-refractivity contribution in [2.45, 2.75) is 39.7 Å². The molecule has 2 rings (SSSR count). The molecular formula is C17H21NO2. The number of hydrogen-bond donors (Lipinski definition) is 1. The standard InChI is InChI=1S/C17H21NO2/c1-3-5-13-6-8-16(9-7-13)20-17-11-14(12-19)10-15(4-2)18-17/h6-11,19H,3-5,12H2,1-2H3. The smallest absolute Gasteiger partial charge is 0.219 e. The predicted molar refractivity (Wildman–Crippen MR) is 80.0 cm³/mol. The number of hydrogen-bond acceptors (Lipinski definition) is 3. The lowest BCUT2D eigenvalue weighted by Gasteiger charge is -2.09. The molecule has 0 saturated carbocycles. The summed E-state index contributed by atoms with van der Waals surface area (Å²) in [6, 6.07) is 11.8. The number of aryl methyl sites for hydroxylation is 2. The van der Waals surface area contributed by atoms with E-state index in [-0.39, 0.29) is 6.61 Å². The second-order valence-corrected chi connectivity index (χ2v) is 4.81. The van der Waals surface area contributed by atoms with Crippen LogP contribution in [0.3, 0.4) is 0 Å². The third kappa shape index (κ3) is 3.81. The van der Waals surface area contributed by atoms with E-state index >= 15 is 0 Å². The summed E-state index contributed by atoms with van der Waals surface area (Å²) >= 11 is 0. The van der Waals surface area contributed by atoms with Gasteiger partial charge in [-0.15, -0.1) is 0 Å². The van der Waals surface area contributed by atoms with E-state index in [1.54, 1.807) is 6.07 Å². The predicted octanol–water partition coefficient (Wildman–Crippen LogP) is 3.88. The van der Waals surface area contributed by atoms with E-state index in [4.69, 9.17) is 4.74 Å². The van der Waals surface area contributed by atoms with Crippen molar-refractivity contribution in [1.29, 1.82) is 0 Å². The van der Waals surface area contributed by atoms with Crippen LogP contribution in [0.4, 0.5) is 0 Å². The van der Waals surface area contributed by atoms with E-state index in [9.17, 15) is 5.11 Å². The molecule has 1 aromatic carbocycles. The van der Waals surface area contributed by atoms with E-state index in [0.717, 1.165) is 36.3 Å². The van der Waals surface area contributed by atoms with Crippen LogP contribution in [0.5, 0.6) is 11.6 Å². The summed E-state index contributed by atoms with van der Waals surface area (Å²) < 4.78 is 5.77. The minimum atomic E-state index is 0.00131. The van der Waals surface area contributed by atoms with Crippen LogP contribution in [0, 0.1) is 0 Å². The van der Waals surface area contributed by atoms with E-state index in [2.05, 4.69) is 24.0 Å². The van der Waals surface area contributed by atoms with Gasteiger partial charge in [-0.25, -0.2) is 4.98 Å². The Hall–Kier alpha value is -1.87. The molecule has 3 nitrogen and oxygen atoms in total. The van der Waals surface area contributed by atoms with Gasteiger partial charge in [-0.3, -0.25) is 0 Å². The van der Waals surface area contributed by atoms with Gasteiger partial charge in [0.2, 0.25) is 5.88 Å². The minimum absolute atomic E-state index is 0.00131. The molecule has 0 fully saturated rings. The molecule has 0 aliphatic carbocycles. The second kappa shape index (κ2) is 7.06. The molecule has 0 bridgehead atoms. The molecule has 2 aromatic rings. The zero-order chi connectivity index (χ0) is 14.4. The van der Waals surface area contributed by atoms with Crippen LogP contribution in [0.25, 0.3) is 0 Å². The summed E-state index contributed by atoms with van der Waals surface area (Å²) in [5.74, 6) is 1.31. The van der Waals surface area contributed by atoms with Crippen molar-refractivity contribution in [1.82, 2.24) is 4.98 Å². The van der Waals surface area contributed by atoms with Gasteiger partial charge in [0, 0.05) is 11.8 Å². The highest BCUT2D eigenvalue weighted by atomic mass is 16.5. The van der Waals surface area contributed by atoms with Crippen molar-refractivity contribution in [3.05, 3.63) is 53.2 Å². The molecule has 0 amide bonds. The van der Waals surface area contributed by atoms with Crippen LogP contribution in [0.1, 0.15) is 37.1 Å². The Morgan fingerprint density at radius 3 is 2.40 bits per heavy atom. The molecule has 20 heavy (non-hydrogen) atoms. The van der Waals surface area contributed by atoms with E-state index < -0.39 is 0 Å². The van der Waals surface area contributed by atoms with Gasteiger partial charge in [-0.05, 0) is 42.2 Å². The third-order valence-electron chi connectivity index (χ3n) is 3.14. The highest BCUT2D eigenvalue weighted by molar-refractivity contribution is 5.32. The van der Waals surface area contributed by atoms with Crippen molar-refractivity contribution in [2.75, 3.05) is 0 Å². The van der Waals surface area contributed by atoms with Gasteiger partial charge >= 0.3 is 0 Å². The lowest BCUT2D eigenvalue weighted by atomic mass is 10.1. The first-order valence-electron chi connectivity index (χ1n) is 7.12. The van der Waals surface area contributed by atoms with Gasteiger partial charge in [-0.1, -0.05) is 32.4 Å². The third-order valence-corrected chi connectivity index (χ3v) is 3.14. The molecule has 0 atom stereocenters. The van der Waals surface area contributed by atoms with Gasteiger partial charge in [0.15, 0.2) is 0 Å². The average molecular weight is 271 g/mol. The van der Waals surface area contributed by atoms with Crippen molar-refractivity contribution in [3.8, 4) is 11.6 Å². The summed E-state index contributed by atoms with van der Waals surface area (Å²) in [6.07, 6.45) is 3.04. The molecule has 106 valence electrons. The van der Waals surface area contributed by atoms with Gasteiger partial charge in [0.05, 0.1) is 6.61 Å². The second-order valence-electron chi connectivity index (χ2n) is 4.81. The van der Waals surface area contributed by atoms with Crippen molar-refractivity contribution in [3.63, 3.8) is 0 Å². The molecule has 0 saturated heterocycles. The maximum atomic E-state index is 9.26. The van der Waals surface area contributed by atoms with Crippen LogP contribution >= 0.6 is 0 Å². The number of pyridine rings is 1. The highest BCUT2D eigenvalue weighted by Gasteiger charge is 2.04. The van der Waals surface area contributed by atoms with Crippen molar-refractivity contribution < 1.29 is 9.84 Å². The van der Waals surface area contributed by atoms with Gasteiger partial charge in [0.1, 0.15) is 5.75 Å². The number of benzene rings is 1. The topological polar surface area (TPSA) is 42.4 Å². The van der Waals surface area contributed by atoms with Crippen LogP contribution in [-0.4, -0.2) is 10.1 Å². The number of ether oxygens (including phenoxy) is 1. The van der Waals surface area contributed by atoms with E-state index in [1.165, 1.54) is 5.56 Å². The summed E-state index contributed by atoms with van der Waals surface area (Å²) in [7, 11) is 0. The van der Waals surface area contributed by atoms with Crippen molar-refractivity contribution >= 4 is 0 Å². The summed E-state index contributed by atoms with van der Waals surface area (Å²) in [5, 5.41) is 9.26. The van der Waals surface area contributed by atoms with Crippen LogP contribution in [0.2, 0.25) is 0 Å². The van der Waals surface area contributed by atoms with E-state index in [1.807, 2.05) is 25.1 Å². The zero-order valence-corrected chi connectivity index (χ0v) is 12.1. The number of rotatable bonds is 6. The molecule has 0 aliphatic rings. The zero-order valence-electron chi connectivity index (χ0n) is 12.1. The Balaban J connectivity index is 2.16. The Morgan fingerprint density at radius 2 is 1.80 bits per heavy atom. The van der Waals surface area contributed by atoms with Crippen LogP contribution in [-0.2, 0) is 19.4 Å². The summed E-state index contributed by atoms with van der Waals surface area (Å²) in [4.78, 5) is 4.42. The molecule has 0 unspecified atom stereocenters. The number of aliphatic hydroxyl groups is 1. The SMILES string of the molecule is CCCc1ccc(Oc2cc(CO)cc(CC)n2)cc1. The van der Waals surface area contributed by atoms with Crippen molar-refractivity contribution in [2.24, 2.45) is 0 Å². The summed E-state index contributed by atoms with van der Waals surface area (Å²) in [5.41, 5.74) is 3.06. The van der Waals surface area contributed by atoms with Gasteiger partial charge in [0.25, 0.3) is 0 Å². The maximum Gasteiger partial charge on any atom is 0.219 e. The van der Waals surface area contributed by atoms with Crippen LogP contribution < -0.4 is 4.74 Å².